The fraction of sp³-hybridized carbons (Fsp3) is 0.667. The van der Waals surface area contributed by atoms with Crippen LogP contribution in [0.2, 0.25) is 0 Å². The predicted molar refractivity (Wildman–Crippen MR) is 87.1 cm³/mol. The first-order valence-corrected chi connectivity index (χ1v) is 8.10. The summed E-state index contributed by atoms with van der Waals surface area (Å²) in [5.41, 5.74) is 1.76. The van der Waals surface area contributed by atoms with Crippen LogP contribution in [-0.4, -0.2) is 36.1 Å². The van der Waals surface area contributed by atoms with Gasteiger partial charge in [-0.15, -0.1) is 0 Å². The third kappa shape index (κ3) is 4.60. The van der Waals surface area contributed by atoms with E-state index >= 15 is 0 Å². The fourth-order valence-corrected chi connectivity index (χ4v) is 3.04. The quantitative estimate of drug-likeness (QED) is 0.904. The van der Waals surface area contributed by atoms with E-state index in [1.165, 1.54) is 44.3 Å². The van der Waals surface area contributed by atoms with Crippen molar-refractivity contribution in [3.63, 3.8) is 0 Å². The molecular formula is C18H30N2. The number of benzene rings is 1. The van der Waals surface area contributed by atoms with Crippen LogP contribution in [0.3, 0.4) is 0 Å². The van der Waals surface area contributed by atoms with Gasteiger partial charge in [0.25, 0.3) is 0 Å². The first kappa shape index (κ1) is 15.5. The molecule has 0 amide bonds. The average molecular weight is 274 g/mol. The molecule has 0 aromatic heterocycles. The highest BCUT2D eigenvalue weighted by atomic mass is 15.2. The lowest BCUT2D eigenvalue weighted by Crippen LogP contribution is -2.49. The maximum Gasteiger partial charge on any atom is 0.0156 e. The molecule has 1 aliphatic heterocycles. The second-order valence-electron chi connectivity index (χ2n) is 6.78. The molecule has 1 saturated heterocycles. The van der Waals surface area contributed by atoms with E-state index in [0.29, 0.717) is 11.6 Å². The molecule has 1 aromatic carbocycles. The van der Waals surface area contributed by atoms with Gasteiger partial charge in [-0.05, 0) is 65.1 Å². The van der Waals surface area contributed by atoms with Crippen molar-refractivity contribution < 1.29 is 0 Å². The summed E-state index contributed by atoms with van der Waals surface area (Å²) >= 11 is 0. The Balaban J connectivity index is 1.90. The third-order valence-corrected chi connectivity index (χ3v) is 4.65. The fourth-order valence-electron chi connectivity index (χ4n) is 3.04. The summed E-state index contributed by atoms with van der Waals surface area (Å²) in [6.45, 7) is 10.7. The van der Waals surface area contributed by atoms with Crippen molar-refractivity contribution in [3.05, 3.63) is 35.9 Å². The SMILES string of the molecule is CC1CCN(C(C)(C)CCc2ccccc2)CCCN1. The maximum absolute atomic E-state index is 3.59. The minimum atomic E-state index is 0.299. The molecule has 1 aromatic rings. The van der Waals surface area contributed by atoms with E-state index in [4.69, 9.17) is 0 Å². The Kier molecular flexibility index (Phi) is 5.62. The number of nitrogens with zero attached hydrogens (tertiary/aromatic N) is 1. The smallest absolute Gasteiger partial charge is 0.0156 e. The summed E-state index contributed by atoms with van der Waals surface area (Å²) in [5, 5.41) is 3.59. The lowest BCUT2D eigenvalue weighted by atomic mass is 9.92. The Hall–Kier alpha value is -0.860. The topological polar surface area (TPSA) is 15.3 Å². The molecule has 0 saturated carbocycles. The van der Waals surface area contributed by atoms with Crippen molar-refractivity contribution in [3.8, 4) is 0 Å². The van der Waals surface area contributed by atoms with Gasteiger partial charge in [0, 0.05) is 18.1 Å². The predicted octanol–water partition coefficient (Wildman–Crippen LogP) is 3.47. The first-order valence-electron chi connectivity index (χ1n) is 8.10. The number of hydrogen-bond acceptors (Lipinski definition) is 2. The molecule has 1 fully saturated rings. The molecule has 2 rings (SSSR count). The molecule has 112 valence electrons. The van der Waals surface area contributed by atoms with Gasteiger partial charge in [0.1, 0.15) is 0 Å². The van der Waals surface area contributed by atoms with E-state index in [0.717, 1.165) is 6.54 Å². The number of rotatable bonds is 4. The number of hydrogen-bond donors (Lipinski definition) is 1. The molecule has 20 heavy (non-hydrogen) atoms. The van der Waals surface area contributed by atoms with Crippen LogP contribution in [0.5, 0.6) is 0 Å². The van der Waals surface area contributed by atoms with Crippen molar-refractivity contribution in [1.29, 1.82) is 0 Å². The number of nitrogens with one attached hydrogen (secondary N) is 1. The van der Waals surface area contributed by atoms with E-state index < -0.39 is 0 Å². The maximum atomic E-state index is 3.59. The minimum absolute atomic E-state index is 0.299. The molecule has 1 unspecified atom stereocenters. The van der Waals surface area contributed by atoms with Crippen molar-refractivity contribution >= 4 is 0 Å². The number of aryl methyl sites for hydroxylation is 1. The Bertz CT molecular complexity index is 386. The zero-order valence-electron chi connectivity index (χ0n) is 13.4. The highest BCUT2D eigenvalue weighted by Crippen LogP contribution is 2.23. The average Bonchev–Trinajstić information content (AvgIpc) is 2.42. The van der Waals surface area contributed by atoms with Crippen LogP contribution >= 0.6 is 0 Å². The van der Waals surface area contributed by atoms with Gasteiger partial charge in [0.2, 0.25) is 0 Å². The normalized spacial score (nSPS) is 22.2. The second kappa shape index (κ2) is 7.24. The van der Waals surface area contributed by atoms with Crippen LogP contribution in [0.1, 0.15) is 45.6 Å². The van der Waals surface area contributed by atoms with Crippen molar-refractivity contribution in [1.82, 2.24) is 10.2 Å². The Morgan fingerprint density at radius 2 is 1.95 bits per heavy atom. The van der Waals surface area contributed by atoms with Gasteiger partial charge in [0.05, 0.1) is 0 Å². The van der Waals surface area contributed by atoms with Crippen LogP contribution < -0.4 is 5.32 Å². The van der Waals surface area contributed by atoms with E-state index in [2.05, 4.69) is 61.3 Å². The van der Waals surface area contributed by atoms with E-state index in [-0.39, 0.29) is 0 Å². The molecule has 1 heterocycles. The molecule has 2 heteroatoms. The lowest BCUT2D eigenvalue weighted by molar-refractivity contribution is 0.0973. The summed E-state index contributed by atoms with van der Waals surface area (Å²) in [5.74, 6) is 0. The summed E-state index contributed by atoms with van der Waals surface area (Å²) in [4.78, 5) is 2.70. The van der Waals surface area contributed by atoms with Gasteiger partial charge in [0.15, 0.2) is 0 Å². The summed E-state index contributed by atoms with van der Waals surface area (Å²) in [6.07, 6.45) is 4.94. The summed E-state index contributed by atoms with van der Waals surface area (Å²) in [6, 6.07) is 11.5. The summed E-state index contributed by atoms with van der Waals surface area (Å²) < 4.78 is 0. The van der Waals surface area contributed by atoms with Crippen LogP contribution in [0, 0.1) is 0 Å². The molecule has 1 aliphatic rings. The van der Waals surface area contributed by atoms with Gasteiger partial charge in [-0.1, -0.05) is 30.3 Å². The van der Waals surface area contributed by atoms with E-state index in [9.17, 15) is 0 Å². The molecule has 0 bridgehead atoms. The van der Waals surface area contributed by atoms with Crippen molar-refractivity contribution in [2.24, 2.45) is 0 Å². The molecule has 1 atom stereocenters. The molecule has 1 N–H and O–H groups in total. The van der Waals surface area contributed by atoms with Crippen LogP contribution in [-0.2, 0) is 6.42 Å². The molecule has 0 aliphatic carbocycles. The van der Waals surface area contributed by atoms with Crippen LogP contribution in [0.25, 0.3) is 0 Å². The molecule has 2 nitrogen and oxygen atoms in total. The molecule has 0 spiro atoms. The second-order valence-corrected chi connectivity index (χ2v) is 6.78. The van der Waals surface area contributed by atoms with Gasteiger partial charge in [-0.2, -0.15) is 0 Å². The third-order valence-electron chi connectivity index (χ3n) is 4.65. The van der Waals surface area contributed by atoms with Gasteiger partial charge < -0.3 is 5.32 Å². The first-order chi connectivity index (χ1) is 9.58. The molecule has 0 radical (unpaired) electrons. The van der Waals surface area contributed by atoms with E-state index in [1.807, 2.05) is 0 Å². The van der Waals surface area contributed by atoms with Crippen molar-refractivity contribution in [2.75, 3.05) is 19.6 Å². The standard InChI is InChI=1S/C18H30N2/c1-16-11-15-20(14-7-13-19-16)18(2,3)12-10-17-8-5-4-6-9-17/h4-6,8-9,16,19H,7,10-15H2,1-3H3. The van der Waals surface area contributed by atoms with Crippen LogP contribution in [0.15, 0.2) is 30.3 Å². The van der Waals surface area contributed by atoms with Crippen molar-refractivity contribution in [2.45, 2.75) is 58.0 Å². The highest BCUT2D eigenvalue weighted by molar-refractivity contribution is 5.15. The monoisotopic (exact) mass is 274 g/mol. The van der Waals surface area contributed by atoms with E-state index in [1.54, 1.807) is 0 Å². The highest BCUT2D eigenvalue weighted by Gasteiger charge is 2.27. The largest absolute Gasteiger partial charge is 0.314 e. The molecular weight excluding hydrogens is 244 g/mol. The zero-order chi connectivity index (χ0) is 14.4. The minimum Gasteiger partial charge on any atom is -0.314 e. The van der Waals surface area contributed by atoms with Gasteiger partial charge in [-0.3, -0.25) is 4.90 Å². The van der Waals surface area contributed by atoms with Gasteiger partial charge in [-0.25, -0.2) is 0 Å². The Morgan fingerprint density at radius 1 is 1.20 bits per heavy atom. The van der Waals surface area contributed by atoms with Crippen LogP contribution in [0.4, 0.5) is 0 Å². The summed E-state index contributed by atoms with van der Waals surface area (Å²) in [7, 11) is 0. The lowest BCUT2D eigenvalue weighted by Gasteiger charge is -2.41. The zero-order valence-corrected chi connectivity index (χ0v) is 13.4. The van der Waals surface area contributed by atoms with Gasteiger partial charge >= 0.3 is 0 Å². The Morgan fingerprint density at radius 3 is 2.70 bits per heavy atom. The Labute approximate surface area is 124 Å².